The maximum absolute atomic E-state index is 8.79. The van der Waals surface area contributed by atoms with Gasteiger partial charge in [0.05, 0.1) is 11.6 Å². The summed E-state index contributed by atoms with van der Waals surface area (Å²) in [6.07, 6.45) is 3.69. The number of nitrogens with one attached hydrogen (secondary N) is 2. The summed E-state index contributed by atoms with van der Waals surface area (Å²) in [5, 5.41) is 15.9. The number of rotatable bonds is 3. The van der Waals surface area contributed by atoms with Crippen molar-refractivity contribution in [3.05, 3.63) is 35.4 Å². The van der Waals surface area contributed by atoms with Crippen LogP contribution in [0.3, 0.4) is 0 Å². The first-order chi connectivity index (χ1) is 8.79. The van der Waals surface area contributed by atoms with Crippen LogP contribution in [0, 0.1) is 11.3 Å². The van der Waals surface area contributed by atoms with E-state index in [2.05, 4.69) is 23.6 Å². The molecule has 1 heterocycles. The molecule has 0 amide bonds. The van der Waals surface area contributed by atoms with Gasteiger partial charge in [-0.15, -0.1) is 0 Å². The van der Waals surface area contributed by atoms with E-state index in [1.807, 2.05) is 24.3 Å². The molecular formula is C15H21N3. The van der Waals surface area contributed by atoms with Gasteiger partial charge in [-0.3, -0.25) is 0 Å². The summed E-state index contributed by atoms with van der Waals surface area (Å²) in [7, 11) is 0. The van der Waals surface area contributed by atoms with Gasteiger partial charge in [0, 0.05) is 12.1 Å². The van der Waals surface area contributed by atoms with Crippen LogP contribution in [-0.4, -0.2) is 19.1 Å². The lowest BCUT2D eigenvalue weighted by molar-refractivity contribution is 0.421. The Morgan fingerprint density at radius 2 is 2.06 bits per heavy atom. The third kappa shape index (κ3) is 3.56. The van der Waals surface area contributed by atoms with Gasteiger partial charge >= 0.3 is 0 Å². The lowest BCUT2D eigenvalue weighted by Crippen LogP contribution is -2.32. The van der Waals surface area contributed by atoms with Crippen molar-refractivity contribution in [1.82, 2.24) is 10.6 Å². The average molecular weight is 243 g/mol. The Balaban J connectivity index is 1.93. The van der Waals surface area contributed by atoms with Gasteiger partial charge in [-0.2, -0.15) is 5.26 Å². The molecule has 0 aliphatic carbocycles. The minimum absolute atomic E-state index is 0.348. The highest BCUT2D eigenvalue weighted by atomic mass is 15.0. The van der Waals surface area contributed by atoms with Crippen LogP contribution in [0.1, 0.15) is 43.4 Å². The van der Waals surface area contributed by atoms with Crippen molar-refractivity contribution in [2.75, 3.05) is 13.1 Å². The molecule has 1 fully saturated rings. The topological polar surface area (TPSA) is 47.8 Å². The molecule has 2 N–H and O–H groups in total. The summed E-state index contributed by atoms with van der Waals surface area (Å²) in [6, 6.07) is 11.0. The molecule has 2 atom stereocenters. The minimum atomic E-state index is 0.348. The minimum Gasteiger partial charge on any atom is -0.317 e. The molecule has 2 unspecified atom stereocenters. The first-order valence-corrected chi connectivity index (χ1v) is 6.76. The van der Waals surface area contributed by atoms with Gasteiger partial charge in [0.25, 0.3) is 0 Å². The lowest BCUT2D eigenvalue weighted by Gasteiger charge is -2.22. The van der Waals surface area contributed by atoms with E-state index >= 15 is 0 Å². The van der Waals surface area contributed by atoms with Gasteiger partial charge in [-0.25, -0.2) is 0 Å². The summed E-state index contributed by atoms with van der Waals surface area (Å²) >= 11 is 0. The third-order valence-electron chi connectivity index (χ3n) is 3.60. The van der Waals surface area contributed by atoms with E-state index in [0.29, 0.717) is 12.1 Å². The molecular weight excluding hydrogens is 222 g/mol. The van der Waals surface area contributed by atoms with Crippen molar-refractivity contribution >= 4 is 0 Å². The van der Waals surface area contributed by atoms with E-state index in [1.54, 1.807) is 0 Å². The number of hydrogen-bond donors (Lipinski definition) is 2. The van der Waals surface area contributed by atoms with Gasteiger partial charge in [0.15, 0.2) is 0 Å². The van der Waals surface area contributed by atoms with Crippen LogP contribution in [0.4, 0.5) is 0 Å². The van der Waals surface area contributed by atoms with Crippen LogP contribution in [0.2, 0.25) is 0 Å². The van der Waals surface area contributed by atoms with E-state index in [4.69, 9.17) is 5.26 Å². The molecule has 0 bridgehead atoms. The fourth-order valence-corrected chi connectivity index (χ4v) is 2.48. The van der Waals surface area contributed by atoms with E-state index in [-0.39, 0.29) is 0 Å². The Labute approximate surface area is 109 Å². The SMILES string of the molecule is CC(NC1CCCNCC1)c1ccc(C#N)cc1. The highest BCUT2D eigenvalue weighted by molar-refractivity contribution is 5.32. The second-order valence-corrected chi connectivity index (χ2v) is 5.00. The van der Waals surface area contributed by atoms with E-state index in [9.17, 15) is 0 Å². The predicted molar refractivity (Wildman–Crippen MR) is 73.2 cm³/mol. The number of benzene rings is 1. The normalized spacial score (nSPS) is 21.9. The summed E-state index contributed by atoms with van der Waals surface area (Å²) in [5.74, 6) is 0. The molecule has 0 saturated carbocycles. The van der Waals surface area contributed by atoms with Crippen molar-refractivity contribution in [2.45, 2.75) is 38.3 Å². The third-order valence-corrected chi connectivity index (χ3v) is 3.60. The fourth-order valence-electron chi connectivity index (χ4n) is 2.48. The summed E-state index contributed by atoms with van der Waals surface area (Å²) < 4.78 is 0. The van der Waals surface area contributed by atoms with Crippen LogP contribution in [0.25, 0.3) is 0 Å². The molecule has 0 radical (unpaired) electrons. The molecule has 1 aliphatic rings. The molecule has 18 heavy (non-hydrogen) atoms. The average Bonchev–Trinajstić information content (AvgIpc) is 2.67. The smallest absolute Gasteiger partial charge is 0.0991 e. The fraction of sp³-hybridized carbons (Fsp3) is 0.533. The van der Waals surface area contributed by atoms with Crippen molar-refractivity contribution in [3.63, 3.8) is 0 Å². The maximum atomic E-state index is 8.79. The van der Waals surface area contributed by atoms with E-state index in [1.165, 1.54) is 24.8 Å². The molecule has 1 aromatic carbocycles. The van der Waals surface area contributed by atoms with Crippen molar-refractivity contribution < 1.29 is 0 Å². The first kappa shape index (κ1) is 13.1. The molecule has 96 valence electrons. The first-order valence-electron chi connectivity index (χ1n) is 6.76. The van der Waals surface area contributed by atoms with Crippen LogP contribution < -0.4 is 10.6 Å². The molecule has 1 aromatic rings. The Kier molecular flexibility index (Phi) is 4.74. The van der Waals surface area contributed by atoms with Crippen LogP contribution in [-0.2, 0) is 0 Å². The summed E-state index contributed by atoms with van der Waals surface area (Å²) in [5.41, 5.74) is 1.98. The van der Waals surface area contributed by atoms with Gasteiger partial charge in [-0.1, -0.05) is 12.1 Å². The monoisotopic (exact) mass is 243 g/mol. The Morgan fingerprint density at radius 1 is 1.28 bits per heavy atom. The standard InChI is InChI=1S/C15H21N3/c1-12(14-6-4-13(11-16)5-7-14)18-15-3-2-9-17-10-8-15/h4-7,12,15,17-18H,2-3,8-10H2,1H3. The van der Waals surface area contributed by atoms with E-state index in [0.717, 1.165) is 18.7 Å². The predicted octanol–water partition coefficient (Wildman–Crippen LogP) is 2.35. The number of nitrogens with zero attached hydrogens (tertiary/aromatic N) is 1. The Morgan fingerprint density at radius 3 is 2.78 bits per heavy atom. The Hall–Kier alpha value is -1.37. The van der Waals surface area contributed by atoms with Gasteiger partial charge in [-0.05, 0) is 57.0 Å². The largest absolute Gasteiger partial charge is 0.317 e. The van der Waals surface area contributed by atoms with Crippen molar-refractivity contribution in [1.29, 1.82) is 5.26 Å². The van der Waals surface area contributed by atoms with Gasteiger partial charge in [0.2, 0.25) is 0 Å². The molecule has 1 saturated heterocycles. The Bertz CT molecular complexity index is 397. The van der Waals surface area contributed by atoms with Crippen molar-refractivity contribution in [2.24, 2.45) is 0 Å². The zero-order valence-corrected chi connectivity index (χ0v) is 10.9. The molecule has 0 aromatic heterocycles. The quantitative estimate of drug-likeness (QED) is 0.856. The molecule has 3 heteroatoms. The second-order valence-electron chi connectivity index (χ2n) is 5.00. The zero-order chi connectivity index (χ0) is 12.8. The highest BCUT2D eigenvalue weighted by Gasteiger charge is 2.14. The van der Waals surface area contributed by atoms with Gasteiger partial charge < -0.3 is 10.6 Å². The van der Waals surface area contributed by atoms with Gasteiger partial charge in [0.1, 0.15) is 0 Å². The molecule has 2 rings (SSSR count). The van der Waals surface area contributed by atoms with Crippen LogP contribution >= 0.6 is 0 Å². The molecule has 3 nitrogen and oxygen atoms in total. The van der Waals surface area contributed by atoms with Crippen LogP contribution in [0.15, 0.2) is 24.3 Å². The molecule has 1 aliphatic heterocycles. The number of hydrogen-bond acceptors (Lipinski definition) is 3. The van der Waals surface area contributed by atoms with Crippen LogP contribution in [0.5, 0.6) is 0 Å². The second kappa shape index (κ2) is 6.53. The lowest BCUT2D eigenvalue weighted by atomic mass is 10.0. The van der Waals surface area contributed by atoms with Crippen molar-refractivity contribution in [3.8, 4) is 6.07 Å². The summed E-state index contributed by atoms with van der Waals surface area (Å²) in [6.45, 7) is 4.45. The zero-order valence-electron chi connectivity index (χ0n) is 10.9. The van der Waals surface area contributed by atoms with E-state index < -0.39 is 0 Å². The summed E-state index contributed by atoms with van der Waals surface area (Å²) in [4.78, 5) is 0. The number of nitriles is 1. The maximum Gasteiger partial charge on any atom is 0.0991 e. The molecule has 0 spiro atoms. The highest BCUT2D eigenvalue weighted by Crippen LogP contribution is 2.16.